The van der Waals surface area contributed by atoms with Gasteiger partial charge in [-0.3, -0.25) is 0 Å². The SMILES string of the molecule is COc1ccc(C(C)NC2CN(C(=O)O)C2)cc1. The fourth-order valence-corrected chi connectivity index (χ4v) is 2.08. The first-order chi connectivity index (χ1) is 8.60. The molecule has 2 rings (SSSR count). The number of benzene rings is 1. The summed E-state index contributed by atoms with van der Waals surface area (Å²) in [6.45, 7) is 3.21. The molecule has 1 atom stereocenters. The molecular weight excluding hydrogens is 232 g/mol. The van der Waals surface area contributed by atoms with Crippen molar-refractivity contribution in [3.8, 4) is 5.75 Å². The summed E-state index contributed by atoms with van der Waals surface area (Å²) < 4.78 is 5.11. The maximum absolute atomic E-state index is 10.6. The molecule has 1 aromatic carbocycles. The highest BCUT2D eigenvalue weighted by Crippen LogP contribution is 2.19. The van der Waals surface area contributed by atoms with E-state index in [-0.39, 0.29) is 12.1 Å². The van der Waals surface area contributed by atoms with Crippen LogP contribution in [-0.2, 0) is 0 Å². The number of carboxylic acid groups (broad SMARTS) is 1. The second-order valence-electron chi connectivity index (χ2n) is 4.55. The van der Waals surface area contributed by atoms with Crippen LogP contribution in [0.25, 0.3) is 0 Å². The molecule has 0 aliphatic carbocycles. The van der Waals surface area contributed by atoms with Crippen molar-refractivity contribution in [3.05, 3.63) is 29.8 Å². The van der Waals surface area contributed by atoms with Crippen molar-refractivity contribution in [2.75, 3.05) is 20.2 Å². The van der Waals surface area contributed by atoms with Gasteiger partial charge in [0.05, 0.1) is 7.11 Å². The highest BCUT2D eigenvalue weighted by Gasteiger charge is 2.31. The van der Waals surface area contributed by atoms with Crippen LogP contribution >= 0.6 is 0 Å². The van der Waals surface area contributed by atoms with Gasteiger partial charge in [-0.05, 0) is 24.6 Å². The van der Waals surface area contributed by atoms with Gasteiger partial charge in [-0.1, -0.05) is 12.1 Å². The first-order valence-electron chi connectivity index (χ1n) is 5.98. The van der Waals surface area contributed by atoms with Gasteiger partial charge in [0.1, 0.15) is 5.75 Å². The Hall–Kier alpha value is -1.75. The third-order valence-electron chi connectivity index (χ3n) is 3.25. The third kappa shape index (κ3) is 2.73. The fourth-order valence-electron chi connectivity index (χ4n) is 2.08. The zero-order chi connectivity index (χ0) is 13.1. The third-order valence-corrected chi connectivity index (χ3v) is 3.25. The minimum atomic E-state index is -0.842. The van der Waals surface area contributed by atoms with Gasteiger partial charge >= 0.3 is 6.09 Å². The van der Waals surface area contributed by atoms with E-state index in [0.29, 0.717) is 13.1 Å². The normalized spacial score (nSPS) is 17.1. The van der Waals surface area contributed by atoms with Crippen molar-refractivity contribution in [2.24, 2.45) is 0 Å². The Kier molecular flexibility index (Phi) is 3.72. The van der Waals surface area contributed by atoms with Crippen LogP contribution in [-0.4, -0.2) is 42.3 Å². The Balaban J connectivity index is 1.84. The maximum atomic E-state index is 10.6. The molecular formula is C13H18N2O3. The van der Waals surface area contributed by atoms with Crippen molar-refractivity contribution < 1.29 is 14.6 Å². The summed E-state index contributed by atoms with van der Waals surface area (Å²) in [6.07, 6.45) is -0.842. The van der Waals surface area contributed by atoms with Crippen molar-refractivity contribution in [1.29, 1.82) is 0 Å². The summed E-state index contributed by atoms with van der Waals surface area (Å²) >= 11 is 0. The average molecular weight is 250 g/mol. The minimum Gasteiger partial charge on any atom is -0.497 e. The van der Waals surface area contributed by atoms with Crippen LogP contribution in [0.1, 0.15) is 18.5 Å². The molecule has 98 valence electrons. The number of ether oxygens (including phenoxy) is 1. The van der Waals surface area contributed by atoms with Crippen LogP contribution in [0.3, 0.4) is 0 Å². The number of amides is 1. The number of hydrogen-bond acceptors (Lipinski definition) is 3. The molecule has 1 amide bonds. The quantitative estimate of drug-likeness (QED) is 0.854. The fraction of sp³-hybridized carbons (Fsp3) is 0.462. The van der Waals surface area contributed by atoms with Crippen molar-refractivity contribution in [1.82, 2.24) is 10.2 Å². The smallest absolute Gasteiger partial charge is 0.407 e. The summed E-state index contributed by atoms with van der Waals surface area (Å²) in [4.78, 5) is 12.0. The van der Waals surface area contributed by atoms with Gasteiger partial charge in [0, 0.05) is 25.2 Å². The Morgan fingerprint density at radius 1 is 1.44 bits per heavy atom. The first-order valence-corrected chi connectivity index (χ1v) is 5.98. The van der Waals surface area contributed by atoms with Gasteiger partial charge in [-0.15, -0.1) is 0 Å². The predicted molar refractivity (Wildman–Crippen MR) is 67.9 cm³/mol. The molecule has 1 unspecified atom stereocenters. The number of methoxy groups -OCH3 is 1. The van der Waals surface area contributed by atoms with Gasteiger partial charge in [-0.25, -0.2) is 4.79 Å². The molecule has 0 saturated carbocycles. The van der Waals surface area contributed by atoms with Gasteiger partial charge in [0.2, 0.25) is 0 Å². The Labute approximate surface area is 106 Å². The van der Waals surface area contributed by atoms with E-state index in [2.05, 4.69) is 12.2 Å². The summed E-state index contributed by atoms with van der Waals surface area (Å²) in [7, 11) is 1.64. The molecule has 0 aromatic heterocycles. The van der Waals surface area contributed by atoms with Gasteiger partial charge in [0.15, 0.2) is 0 Å². The van der Waals surface area contributed by atoms with E-state index in [4.69, 9.17) is 9.84 Å². The Morgan fingerprint density at radius 3 is 2.56 bits per heavy atom. The average Bonchev–Trinajstić information content (AvgIpc) is 2.32. The topological polar surface area (TPSA) is 61.8 Å². The Morgan fingerprint density at radius 2 is 2.06 bits per heavy atom. The lowest BCUT2D eigenvalue weighted by molar-refractivity contribution is 0.0926. The Bertz CT molecular complexity index is 413. The van der Waals surface area contributed by atoms with E-state index in [1.807, 2.05) is 24.3 Å². The van der Waals surface area contributed by atoms with Gasteiger partial charge in [-0.2, -0.15) is 0 Å². The first kappa shape index (κ1) is 12.7. The van der Waals surface area contributed by atoms with Crippen molar-refractivity contribution in [2.45, 2.75) is 19.0 Å². The molecule has 5 heteroatoms. The van der Waals surface area contributed by atoms with Crippen molar-refractivity contribution >= 4 is 6.09 Å². The zero-order valence-corrected chi connectivity index (χ0v) is 10.6. The number of likely N-dealkylation sites (tertiary alicyclic amines) is 1. The molecule has 0 radical (unpaired) electrons. The largest absolute Gasteiger partial charge is 0.497 e. The summed E-state index contributed by atoms with van der Waals surface area (Å²) in [6, 6.07) is 8.35. The van der Waals surface area contributed by atoms with Gasteiger partial charge < -0.3 is 20.1 Å². The second kappa shape index (κ2) is 5.27. The zero-order valence-electron chi connectivity index (χ0n) is 10.6. The number of nitrogens with one attached hydrogen (secondary N) is 1. The lowest BCUT2D eigenvalue weighted by Gasteiger charge is -2.39. The van der Waals surface area contributed by atoms with Gasteiger partial charge in [0.25, 0.3) is 0 Å². The number of rotatable bonds is 4. The molecule has 0 spiro atoms. The van der Waals surface area contributed by atoms with E-state index in [1.54, 1.807) is 7.11 Å². The number of nitrogens with zero attached hydrogens (tertiary/aromatic N) is 1. The van der Waals surface area contributed by atoms with E-state index in [1.165, 1.54) is 10.5 Å². The van der Waals surface area contributed by atoms with Crippen LogP contribution in [0.5, 0.6) is 5.75 Å². The van der Waals surface area contributed by atoms with Crippen LogP contribution in [0, 0.1) is 0 Å². The number of hydrogen-bond donors (Lipinski definition) is 2. The predicted octanol–water partition coefficient (Wildman–Crippen LogP) is 1.71. The molecule has 2 N–H and O–H groups in total. The molecule has 1 aliphatic rings. The second-order valence-corrected chi connectivity index (χ2v) is 4.55. The van der Waals surface area contributed by atoms with E-state index in [9.17, 15) is 4.79 Å². The standard InChI is InChI=1S/C13H18N2O3/c1-9(10-3-5-12(18-2)6-4-10)14-11-7-15(8-11)13(16)17/h3-6,9,11,14H,7-8H2,1-2H3,(H,16,17). The molecule has 1 heterocycles. The molecule has 0 bridgehead atoms. The van der Waals surface area contributed by atoms with Crippen LogP contribution < -0.4 is 10.1 Å². The highest BCUT2D eigenvalue weighted by molar-refractivity contribution is 5.66. The minimum absolute atomic E-state index is 0.205. The molecule has 18 heavy (non-hydrogen) atoms. The molecule has 1 saturated heterocycles. The van der Waals surface area contributed by atoms with E-state index in [0.717, 1.165) is 5.75 Å². The van der Waals surface area contributed by atoms with E-state index >= 15 is 0 Å². The molecule has 1 fully saturated rings. The molecule has 1 aromatic rings. The molecule has 1 aliphatic heterocycles. The highest BCUT2D eigenvalue weighted by atomic mass is 16.5. The van der Waals surface area contributed by atoms with Crippen LogP contribution in [0.2, 0.25) is 0 Å². The molecule has 5 nitrogen and oxygen atoms in total. The van der Waals surface area contributed by atoms with Crippen molar-refractivity contribution in [3.63, 3.8) is 0 Å². The number of carbonyl (C=O) groups is 1. The monoisotopic (exact) mass is 250 g/mol. The lowest BCUT2D eigenvalue weighted by atomic mass is 10.0. The van der Waals surface area contributed by atoms with Crippen LogP contribution in [0.15, 0.2) is 24.3 Å². The lowest BCUT2D eigenvalue weighted by Crippen LogP contribution is -2.59. The van der Waals surface area contributed by atoms with E-state index < -0.39 is 6.09 Å². The summed E-state index contributed by atoms with van der Waals surface area (Å²) in [5, 5.41) is 12.2. The summed E-state index contributed by atoms with van der Waals surface area (Å²) in [5.41, 5.74) is 1.17. The maximum Gasteiger partial charge on any atom is 0.407 e. The summed E-state index contributed by atoms with van der Waals surface area (Å²) in [5.74, 6) is 0.839. The van der Waals surface area contributed by atoms with Crippen LogP contribution in [0.4, 0.5) is 4.79 Å².